The highest BCUT2D eigenvalue weighted by atomic mass is 16.3. The Labute approximate surface area is 293 Å². The van der Waals surface area contributed by atoms with Crippen LogP contribution in [0.3, 0.4) is 0 Å². The van der Waals surface area contributed by atoms with Crippen LogP contribution < -0.4 is 0 Å². The molecule has 3 aromatic heterocycles. The maximum atomic E-state index is 10.0. The van der Waals surface area contributed by atoms with Gasteiger partial charge in [0.05, 0.1) is 30.3 Å². The third-order valence-electron chi connectivity index (χ3n) is 8.53. The van der Waals surface area contributed by atoms with Crippen LogP contribution in [0.2, 0.25) is 0 Å². The summed E-state index contributed by atoms with van der Waals surface area (Å²) in [6.07, 6.45) is 0. The van der Waals surface area contributed by atoms with E-state index < -0.39 is 107 Å². The fraction of sp³-hybridized carbons (Fsp3) is 0.0714. The molecule has 6 aromatic carbocycles. The van der Waals surface area contributed by atoms with Crippen molar-refractivity contribution in [2.45, 2.75) is 19.1 Å². The Morgan fingerprint density at radius 1 is 0.617 bits per heavy atom. The fourth-order valence-electron chi connectivity index (χ4n) is 6.40. The zero-order chi connectivity index (χ0) is 45.0. The summed E-state index contributed by atoms with van der Waals surface area (Å²) in [5.74, 6) is -0.305. The smallest absolute Gasteiger partial charge is 0.238 e. The van der Waals surface area contributed by atoms with Crippen molar-refractivity contribution >= 4 is 43.7 Å². The molecule has 5 nitrogen and oxygen atoms in total. The number of aromatic nitrogens is 4. The predicted octanol–water partition coefficient (Wildman–Crippen LogP) is 10.5. The highest BCUT2D eigenvalue weighted by Gasteiger charge is 2.36. The molecule has 0 saturated carbocycles. The van der Waals surface area contributed by atoms with Crippen LogP contribution in [0.5, 0.6) is 0 Å². The first-order valence-electron chi connectivity index (χ1n) is 22.7. The second-order valence-corrected chi connectivity index (χ2v) is 11.2. The lowest BCUT2D eigenvalue weighted by molar-refractivity contribution is 0.661. The van der Waals surface area contributed by atoms with Crippen LogP contribution in [0, 0.1) is 0 Å². The first-order chi connectivity index (χ1) is 29.7. The van der Waals surface area contributed by atoms with E-state index in [0.29, 0.717) is 22.3 Å². The van der Waals surface area contributed by atoms with E-state index in [2.05, 4.69) is 0 Å². The lowest BCUT2D eigenvalue weighted by Gasteiger charge is -2.21. The highest BCUT2D eigenvalue weighted by Crippen LogP contribution is 2.51. The molecule has 0 spiro atoms. The lowest BCUT2D eigenvalue weighted by atomic mass is 9.82. The Morgan fingerprint density at radius 2 is 1.40 bits per heavy atom. The molecule has 3 heterocycles. The lowest BCUT2D eigenvalue weighted by Crippen LogP contribution is -2.15. The van der Waals surface area contributed by atoms with Gasteiger partial charge in [0.1, 0.15) is 11.2 Å². The topological polar surface area (TPSA) is 56.7 Å². The van der Waals surface area contributed by atoms with Gasteiger partial charge in [0.15, 0.2) is 11.6 Å². The maximum absolute atomic E-state index is 10.0. The Morgan fingerprint density at radius 3 is 2.32 bits per heavy atom. The summed E-state index contributed by atoms with van der Waals surface area (Å²) in [5.41, 5.74) is -5.21. The van der Waals surface area contributed by atoms with Gasteiger partial charge >= 0.3 is 0 Å². The van der Waals surface area contributed by atoms with Gasteiger partial charge in [-0.15, -0.1) is 0 Å². The monoisotopic (exact) mass is 620 g/mol. The molecule has 0 radical (unpaired) electrons. The number of nitrogens with zero attached hydrogens (tertiary/aromatic N) is 4. The summed E-state index contributed by atoms with van der Waals surface area (Å²) in [7, 11) is 0. The minimum absolute atomic E-state index is 0.00788. The largest absolute Gasteiger partial charge is 0.455 e. The van der Waals surface area contributed by atoms with E-state index in [1.54, 1.807) is 48.5 Å². The summed E-state index contributed by atoms with van der Waals surface area (Å²) in [6, 6.07) is 13.3. The summed E-state index contributed by atoms with van der Waals surface area (Å²) < 4.78 is 151. The van der Waals surface area contributed by atoms with Gasteiger partial charge in [0.25, 0.3) is 0 Å². The molecule has 5 heteroatoms. The number of benzene rings is 6. The Bertz CT molecular complexity index is 3490. The number of fused-ring (bicyclic) bond motifs is 9. The molecule has 9 aromatic rings. The summed E-state index contributed by atoms with van der Waals surface area (Å²) in [4.78, 5) is 14.5. The third-order valence-corrected chi connectivity index (χ3v) is 8.53. The van der Waals surface area contributed by atoms with E-state index in [-0.39, 0.29) is 33.9 Å². The molecule has 1 aliphatic carbocycles. The number of rotatable bonds is 3. The standard InChI is InChI=1S/C42H28N4O/c1-42(2)33-20-9-6-15-26(33)31-23-32-27-16-7-10-21-35(27)46(36(32)24-34(31)42)41-44-39(25-13-4-3-5-14-25)43-40(45-41)30-19-12-18-29-28-17-8-11-22-37(28)47-38(29)30/h3-24H,1-2H3/i1D3,2D3,6D,7D,9D,10D,15D,16D,20D,21D,23D,24D. The van der Waals surface area contributed by atoms with Crippen molar-refractivity contribution in [2.75, 3.05) is 0 Å². The Balaban J connectivity index is 1.45. The zero-order valence-electron chi connectivity index (χ0n) is 40.1. The number of furan rings is 1. The molecule has 0 aliphatic heterocycles. The molecular formula is C42H28N4O. The van der Waals surface area contributed by atoms with Gasteiger partial charge in [-0.25, -0.2) is 4.98 Å². The summed E-state index contributed by atoms with van der Waals surface area (Å²) in [5, 5.41) is 0.825. The fourth-order valence-corrected chi connectivity index (χ4v) is 6.40. The minimum Gasteiger partial charge on any atom is -0.455 e. The van der Waals surface area contributed by atoms with Crippen molar-refractivity contribution in [2.24, 2.45) is 0 Å². The molecular weight excluding hydrogens is 576 g/mol. The maximum Gasteiger partial charge on any atom is 0.238 e. The first kappa shape index (κ1) is 15.0. The number of hydrogen-bond acceptors (Lipinski definition) is 4. The third kappa shape index (κ3) is 3.68. The van der Waals surface area contributed by atoms with E-state index >= 15 is 0 Å². The van der Waals surface area contributed by atoms with Crippen LogP contribution in [0.4, 0.5) is 0 Å². The molecule has 0 unspecified atom stereocenters. The summed E-state index contributed by atoms with van der Waals surface area (Å²) >= 11 is 0. The second kappa shape index (κ2) is 9.47. The van der Waals surface area contributed by atoms with Gasteiger partial charge < -0.3 is 4.42 Å². The average Bonchev–Trinajstić information content (AvgIpc) is 3.94. The number of hydrogen-bond donors (Lipinski definition) is 0. The molecule has 1 aliphatic rings. The molecule has 0 N–H and O–H groups in total. The average molecular weight is 621 g/mol. The van der Waals surface area contributed by atoms with Gasteiger partial charge in [-0.1, -0.05) is 117 Å². The van der Waals surface area contributed by atoms with E-state index in [1.165, 1.54) is 0 Å². The van der Waals surface area contributed by atoms with Crippen molar-refractivity contribution in [1.82, 2.24) is 19.5 Å². The molecule has 0 amide bonds. The van der Waals surface area contributed by atoms with Crippen LogP contribution in [0.1, 0.15) is 46.8 Å². The quantitative estimate of drug-likeness (QED) is 0.197. The van der Waals surface area contributed by atoms with Crippen LogP contribution in [-0.2, 0) is 5.41 Å². The van der Waals surface area contributed by atoms with Crippen LogP contribution >= 0.6 is 0 Å². The van der Waals surface area contributed by atoms with Gasteiger partial charge in [-0.3, -0.25) is 4.57 Å². The van der Waals surface area contributed by atoms with Crippen LogP contribution in [-0.4, -0.2) is 19.5 Å². The van der Waals surface area contributed by atoms with Gasteiger partial charge in [0.2, 0.25) is 5.95 Å². The second-order valence-electron chi connectivity index (χ2n) is 11.2. The molecule has 0 bridgehead atoms. The highest BCUT2D eigenvalue weighted by molar-refractivity contribution is 6.12. The van der Waals surface area contributed by atoms with Gasteiger partial charge in [0, 0.05) is 40.7 Å². The molecule has 0 saturated heterocycles. The first-order valence-corrected chi connectivity index (χ1v) is 14.7. The van der Waals surface area contributed by atoms with Crippen molar-refractivity contribution in [1.29, 1.82) is 0 Å². The van der Waals surface area contributed by atoms with Crippen molar-refractivity contribution in [3.8, 4) is 39.9 Å². The number of para-hydroxylation sites is 3. The Kier molecular flexibility index (Phi) is 3.03. The molecule has 10 rings (SSSR count). The molecule has 0 fully saturated rings. The van der Waals surface area contributed by atoms with Crippen LogP contribution in [0.15, 0.2) is 138 Å². The van der Waals surface area contributed by atoms with E-state index in [4.69, 9.17) is 35.8 Å². The van der Waals surface area contributed by atoms with Crippen LogP contribution in [0.25, 0.3) is 83.6 Å². The molecule has 47 heavy (non-hydrogen) atoms. The normalized spacial score (nSPS) is 18.9. The zero-order valence-corrected chi connectivity index (χ0v) is 24.1. The van der Waals surface area contributed by atoms with E-state index in [1.807, 2.05) is 24.3 Å². The van der Waals surface area contributed by atoms with E-state index in [9.17, 15) is 5.48 Å². The minimum atomic E-state index is -3.65. The SMILES string of the molecule is [2H]c1c([2H])c([2H])c2c(c1[2H])-c1c(c([2H])c3c(c1[2H])c1c([2H])c([2H])c([2H])c([2H])c1n3-c1nc(-c3ccccc3)nc(-c3cccc4c3oc3ccccc34)n1)C2(C([2H])([2H])[2H])C([2H])([2H])[2H]. The summed E-state index contributed by atoms with van der Waals surface area (Å²) in [6.45, 7) is -7.31. The van der Waals surface area contributed by atoms with Crippen molar-refractivity contribution in [3.05, 3.63) is 144 Å². The Hall–Kier alpha value is -6.07. The molecule has 0 atom stereocenters. The molecule has 222 valence electrons. The van der Waals surface area contributed by atoms with E-state index in [0.717, 1.165) is 15.3 Å². The predicted molar refractivity (Wildman–Crippen MR) is 190 cm³/mol. The van der Waals surface area contributed by atoms with Crippen molar-refractivity contribution in [3.63, 3.8) is 0 Å². The van der Waals surface area contributed by atoms with Gasteiger partial charge in [-0.2, -0.15) is 9.97 Å². The van der Waals surface area contributed by atoms with Gasteiger partial charge in [-0.05, 0) is 52.5 Å². The van der Waals surface area contributed by atoms with Crippen molar-refractivity contribution < 1.29 is 26.3 Å².